The molecule has 0 heterocycles. The number of aliphatic hydroxyl groups excluding tert-OH is 1. The van der Waals surface area contributed by atoms with Gasteiger partial charge in [-0.15, -0.1) is 0 Å². The minimum atomic E-state index is -0.303. The van der Waals surface area contributed by atoms with Crippen LogP contribution >= 0.6 is 39.1 Å². The van der Waals surface area contributed by atoms with Gasteiger partial charge in [0.1, 0.15) is 0 Å². The third kappa shape index (κ3) is 3.08. The van der Waals surface area contributed by atoms with Crippen LogP contribution in [0.3, 0.4) is 0 Å². The Morgan fingerprint density at radius 1 is 1.18 bits per heavy atom. The Kier molecular flexibility index (Phi) is 4.59. The van der Waals surface area contributed by atoms with Gasteiger partial charge in [-0.1, -0.05) is 36.0 Å². The normalized spacial score (nSPS) is 24.7. The van der Waals surface area contributed by atoms with E-state index in [9.17, 15) is 5.11 Å². The molecule has 1 aromatic carbocycles. The summed E-state index contributed by atoms with van der Waals surface area (Å²) < 4.78 is 0.777. The third-order valence-corrected chi connectivity index (χ3v) is 4.88. The lowest BCUT2D eigenvalue weighted by Crippen LogP contribution is -2.36. The summed E-state index contributed by atoms with van der Waals surface area (Å²) in [6, 6.07) is 3.80. The van der Waals surface area contributed by atoms with E-state index in [4.69, 9.17) is 23.2 Å². The molecule has 0 aliphatic heterocycles. The smallest absolute Gasteiger partial charge is 0.0835 e. The molecule has 2 nitrogen and oxygen atoms in total. The SMILES string of the molecule is O[C@@H]1CCCC[C@H]1Nc1ccc(Br)c(Cl)c1Cl. The monoisotopic (exact) mass is 337 g/mol. The molecule has 1 aromatic rings. The van der Waals surface area contributed by atoms with Crippen LogP contribution in [0.2, 0.25) is 10.0 Å². The van der Waals surface area contributed by atoms with Crippen molar-refractivity contribution in [2.45, 2.75) is 37.8 Å². The maximum atomic E-state index is 9.90. The van der Waals surface area contributed by atoms with Gasteiger partial charge in [0.05, 0.1) is 27.9 Å². The zero-order valence-corrected chi connectivity index (χ0v) is 12.3. The first-order chi connectivity index (χ1) is 8.09. The summed E-state index contributed by atoms with van der Waals surface area (Å²) in [6.07, 6.45) is 3.73. The molecule has 1 saturated carbocycles. The summed E-state index contributed by atoms with van der Waals surface area (Å²) in [7, 11) is 0. The number of anilines is 1. The third-order valence-electron chi connectivity index (χ3n) is 3.11. The van der Waals surface area contributed by atoms with Gasteiger partial charge in [0.25, 0.3) is 0 Å². The Hall–Kier alpha value is 0.0400. The minimum Gasteiger partial charge on any atom is -0.391 e. The molecular weight excluding hydrogens is 325 g/mol. The predicted octanol–water partition coefficient (Wildman–Crippen LogP) is 4.47. The maximum absolute atomic E-state index is 9.90. The van der Waals surface area contributed by atoms with Gasteiger partial charge in [-0.2, -0.15) is 0 Å². The molecule has 0 unspecified atom stereocenters. The number of rotatable bonds is 2. The zero-order chi connectivity index (χ0) is 12.4. The largest absolute Gasteiger partial charge is 0.391 e. The van der Waals surface area contributed by atoms with Gasteiger partial charge < -0.3 is 10.4 Å². The van der Waals surface area contributed by atoms with Crippen LogP contribution in [0.25, 0.3) is 0 Å². The van der Waals surface area contributed by atoms with Crippen LogP contribution in [0, 0.1) is 0 Å². The molecule has 2 atom stereocenters. The van der Waals surface area contributed by atoms with Crippen molar-refractivity contribution in [1.82, 2.24) is 0 Å². The Labute approximate surface area is 119 Å². The molecule has 2 N–H and O–H groups in total. The van der Waals surface area contributed by atoms with Crippen molar-refractivity contribution in [3.05, 3.63) is 26.7 Å². The molecule has 0 spiro atoms. The highest BCUT2D eigenvalue weighted by Crippen LogP contribution is 2.37. The summed E-state index contributed by atoms with van der Waals surface area (Å²) in [5, 5.41) is 14.2. The van der Waals surface area contributed by atoms with Crippen LogP contribution in [0.1, 0.15) is 25.7 Å². The second-order valence-corrected chi connectivity index (χ2v) is 5.94. The van der Waals surface area contributed by atoms with E-state index in [1.165, 1.54) is 0 Å². The number of benzene rings is 1. The highest BCUT2D eigenvalue weighted by atomic mass is 79.9. The fraction of sp³-hybridized carbons (Fsp3) is 0.500. The van der Waals surface area contributed by atoms with Crippen LogP contribution in [-0.2, 0) is 0 Å². The quantitative estimate of drug-likeness (QED) is 0.779. The Morgan fingerprint density at radius 2 is 1.88 bits per heavy atom. The van der Waals surface area contributed by atoms with Gasteiger partial charge >= 0.3 is 0 Å². The fourth-order valence-electron chi connectivity index (χ4n) is 2.12. The molecule has 17 heavy (non-hydrogen) atoms. The molecule has 1 aliphatic carbocycles. The fourth-order valence-corrected chi connectivity index (χ4v) is 2.95. The van der Waals surface area contributed by atoms with Gasteiger partial charge in [0.15, 0.2) is 0 Å². The van der Waals surface area contributed by atoms with Gasteiger partial charge in [-0.05, 0) is 40.9 Å². The first-order valence-corrected chi connectivity index (χ1v) is 7.22. The van der Waals surface area contributed by atoms with Gasteiger partial charge in [0.2, 0.25) is 0 Å². The topological polar surface area (TPSA) is 32.3 Å². The second kappa shape index (κ2) is 5.79. The van der Waals surface area contributed by atoms with Crippen molar-refractivity contribution in [3.8, 4) is 0 Å². The molecule has 0 aromatic heterocycles. The minimum absolute atomic E-state index is 0.0680. The van der Waals surface area contributed by atoms with E-state index >= 15 is 0 Å². The molecule has 0 amide bonds. The van der Waals surface area contributed by atoms with E-state index in [0.29, 0.717) is 10.0 Å². The number of nitrogens with one attached hydrogen (secondary N) is 1. The van der Waals surface area contributed by atoms with Crippen molar-refractivity contribution in [2.24, 2.45) is 0 Å². The Morgan fingerprint density at radius 3 is 2.59 bits per heavy atom. The van der Waals surface area contributed by atoms with E-state index < -0.39 is 0 Å². The molecule has 0 bridgehead atoms. The molecule has 1 fully saturated rings. The lowest BCUT2D eigenvalue weighted by Gasteiger charge is -2.29. The van der Waals surface area contributed by atoms with Crippen LogP contribution in [-0.4, -0.2) is 17.3 Å². The lowest BCUT2D eigenvalue weighted by atomic mass is 9.92. The molecular formula is C12H14BrCl2NO. The van der Waals surface area contributed by atoms with E-state index in [1.807, 2.05) is 12.1 Å². The zero-order valence-electron chi connectivity index (χ0n) is 9.22. The lowest BCUT2D eigenvalue weighted by molar-refractivity contribution is 0.116. The summed E-state index contributed by atoms with van der Waals surface area (Å²) in [6.45, 7) is 0. The van der Waals surface area contributed by atoms with Crippen molar-refractivity contribution in [3.63, 3.8) is 0 Å². The highest BCUT2D eigenvalue weighted by molar-refractivity contribution is 9.10. The first-order valence-electron chi connectivity index (χ1n) is 5.67. The number of aliphatic hydroxyl groups is 1. The number of hydrogen-bond acceptors (Lipinski definition) is 2. The number of hydrogen-bond donors (Lipinski definition) is 2. The van der Waals surface area contributed by atoms with Gasteiger partial charge in [-0.3, -0.25) is 0 Å². The van der Waals surface area contributed by atoms with Crippen molar-refractivity contribution in [1.29, 1.82) is 0 Å². The molecule has 1 aliphatic rings. The average Bonchev–Trinajstić information content (AvgIpc) is 2.32. The summed E-state index contributed by atoms with van der Waals surface area (Å²) in [5.74, 6) is 0. The Balaban J connectivity index is 2.15. The second-order valence-electron chi connectivity index (χ2n) is 4.33. The van der Waals surface area contributed by atoms with Crippen LogP contribution in [0.15, 0.2) is 16.6 Å². The van der Waals surface area contributed by atoms with E-state index in [0.717, 1.165) is 35.8 Å². The van der Waals surface area contributed by atoms with Gasteiger partial charge in [0, 0.05) is 4.47 Å². The van der Waals surface area contributed by atoms with Crippen LogP contribution < -0.4 is 5.32 Å². The maximum Gasteiger partial charge on any atom is 0.0835 e. The standard InChI is InChI=1S/C12H14BrCl2NO/c13-7-5-6-9(12(15)11(7)14)16-8-3-1-2-4-10(8)17/h5-6,8,10,16-17H,1-4H2/t8-,10-/m1/s1. The van der Waals surface area contributed by atoms with Gasteiger partial charge in [-0.25, -0.2) is 0 Å². The average molecular weight is 339 g/mol. The summed E-state index contributed by atoms with van der Waals surface area (Å²) in [5.41, 5.74) is 0.783. The molecule has 0 radical (unpaired) electrons. The van der Waals surface area contributed by atoms with E-state index in [-0.39, 0.29) is 12.1 Å². The summed E-state index contributed by atoms with van der Waals surface area (Å²) >= 11 is 15.5. The first kappa shape index (κ1) is 13.5. The van der Waals surface area contributed by atoms with E-state index in [1.54, 1.807) is 0 Å². The highest BCUT2D eigenvalue weighted by Gasteiger charge is 2.23. The number of halogens is 3. The van der Waals surface area contributed by atoms with Crippen LogP contribution in [0.4, 0.5) is 5.69 Å². The van der Waals surface area contributed by atoms with Crippen LogP contribution in [0.5, 0.6) is 0 Å². The van der Waals surface area contributed by atoms with Crippen molar-refractivity contribution >= 4 is 44.8 Å². The van der Waals surface area contributed by atoms with E-state index in [2.05, 4.69) is 21.2 Å². The Bertz CT molecular complexity index is 414. The predicted molar refractivity (Wildman–Crippen MR) is 76.0 cm³/mol. The summed E-state index contributed by atoms with van der Waals surface area (Å²) in [4.78, 5) is 0. The van der Waals surface area contributed by atoms with Crippen molar-refractivity contribution < 1.29 is 5.11 Å². The molecule has 94 valence electrons. The molecule has 2 rings (SSSR count). The molecule has 5 heteroatoms. The molecule has 0 saturated heterocycles. The van der Waals surface area contributed by atoms with Crippen molar-refractivity contribution in [2.75, 3.05) is 5.32 Å².